The molecular formula is C12H14NO4S3. The first kappa shape index (κ1) is 16.0. The first-order valence-corrected chi connectivity index (χ1v) is 8.03. The quantitative estimate of drug-likeness (QED) is 0.301. The van der Waals surface area contributed by atoms with Crippen LogP contribution in [0.25, 0.3) is 0 Å². The Morgan fingerprint density at radius 2 is 2.25 bits per heavy atom. The first-order valence-electron chi connectivity index (χ1n) is 5.75. The Morgan fingerprint density at radius 3 is 2.85 bits per heavy atom. The van der Waals surface area contributed by atoms with Crippen LogP contribution in [-0.2, 0) is 9.67 Å². The maximum Gasteiger partial charge on any atom is 0.177 e. The summed E-state index contributed by atoms with van der Waals surface area (Å²) >= 11 is 9.14. The van der Waals surface area contributed by atoms with E-state index in [2.05, 4.69) is 17.7 Å². The standard InChI is InChI=1S/C12H14NO4S3/c13-11(18)6-3-1-2-4-7(6)12(20-19)10(16)9(15)8(14)5-17-12/h1,3-4,8-10,14-16,19H,5H2,(H2,13,18)/t8-,9+,10-,12-/m1/s1. The summed E-state index contributed by atoms with van der Waals surface area (Å²) < 4.78 is 5.58. The molecule has 20 heavy (non-hydrogen) atoms. The molecule has 1 aromatic rings. The third-order valence-electron chi connectivity index (χ3n) is 3.22. The molecule has 1 aliphatic rings. The zero-order valence-electron chi connectivity index (χ0n) is 10.3. The largest absolute Gasteiger partial charge is 0.389 e. The van der Waals surface area contributed by atoms with Gasteiger partial charge in [-0.3, -0.25) is 0 Å². The molecule has 8 heteroatoms. The Hall–Kier alpha value is -0.350. The summed E-state index contributed by atoms with van der Waals surface area (Å²) in [6.07, 6.45) is -3.92. The highest BCUT2D eigenvalue weighted by atomic mass is 33.1. The van der Waals surface area contributed by atoms with Gasteiger partial charge in [-0.25, -0.2) is 0 Å². The van der Waals surface area contributed by atoms with Crippen molar-refractivity contribution in [2.45, 2.75) is 23.2 Å². The van der Waals surface area contributed by atoms with Crippen LogP contribution in [0.3, 0.4) is 0 Å². The van der Waals surface area contributed by atoms with Crippen molar-refractivity contribution < 1.29 is 20.1 Å². The maximum atomic E-state index is 10.3. The van der Waals surface area contributed by atoms with Gasteiger partial charge < -0.3 is 25.8 Å². The van der Waals surface area contributed by atoms with E-state index >= 15 is 0 Å². The summed E-state index contributed by atoms with van der Waals surface area (Å²) in [6.45, 7) is -0.141. The van der Waals surface area contributed by atoms with Crippen molar-refractivity contribution in [1.29, 1.82) is 0 Å². The van der Waals surface area contributed by atoms with Crippen molar-refractivity contribution in [3.63, 3.8) is 0 Å². The molecule has 109 valence electrons. The average molecular weight is 332 g/mol. The molecule has 1 aliphatic heterocycles. The molecule has 1 fully saturated rings. The number of aliphatic hydroxyl groups excluding tert-OH is 3. The molecule has 1 heterocycles. The Kier molecular flexibility index (Phi) is 4.96. The normalized spacial score (nSPS) is 33.9. The molecule has 5 nitrogen and oxygen atoms in total. The Bertz CT molecular complexity index is 515. The van der Waals surface area contributed by atoms with Crippen LogP contribution in [0, 0.1) is 6.07 Å². The number of aliphatic hydroxyl groups is 3. The highest BCUT2D eigenvalue weighted by Gasteiger charge is 2.51. The second kappa shape index (κ2) is 6.18. The van der Waals surface area contributed by atoms with Gasteiger partial charge in [0.2, 0.25) is 0 Å². The van der Waals surface area contributed by atoms with Gasteiger partial charge in [-0.05, 0) is 12.1 Å². The van der Waals surface area contributed by atoms with Crippen molar-refractivity contribution in [3.05, 3.63) is 35.4 Å². The molecule has 1 aromatic carbocycles. The van der Waals surface area contributed by atoms with E-state index in [4.69, 9.17) is 22.7 Å². The molecule has 2 rings (SSSR count). The van der Waals surface area contributed by atoms with Crippen molar-refractivity contribution in [1.82, 2.24) is 0 Å². The van der Waals surface area contributed by atoms with Crippen molar-refractivity contribution in [2.75, 3.05) is 6.61 Å². The predicted octanol–water partition coefficient (Wildman–Crippen LogP) is -0.0353. The number of hydrogen-bond acceptors (Lipinski definition) is 7. The lowest BCUT2D eigenvalue weighted by Crippen LogP contribution is -2.57. The van der Waals surface area contributed by atoms with Gasteiger partial charge in [-0.1, -0.05) is 35.1 Å². The van der Waals surface area contributed by atoms with Gasteiger partial charge in [0.05, 0.1) is 6.61 Å². The fourth-order valence-corrected chi connectivity index (χ4v) is 3.72. The molecule has 0 aromatic heterocycles. The Balaban J connectivity index is 2.54. The molecule has 0 saturated carbocycles. The number of thiol groups is 1. The number of rotatable bonds is 3. The monoisotopic (exact) mass is 332 g/mol. The average Bonchev–Trinajstić information content (AvgIpc) is 2.46. The molecule has 1 radical (unpaired) electrons. The molecule has 0 amide bonds. The van der Waals surface area contributed by atoms with E-state index in [9.17, 15) is 15.3 Å². The zero-order valence-corrected chi connectivity index (χ0v) is 12.8. The number of hydrogen-bond donors (Lipinski definition) is 5. The van der Waals surface area contributed by atoms with Crippen LogP contribution in [0.1, 0.15) is 11.1 Å². The molecule has 5 N–H and O–H groups in total. The Morgan fingerprint density at radius 1 is 1.55 bits per heavy atom. The summed E-state index contributed by atoms with van der Waals surface area (Å²) in [7, 11) is 0.908. The second-order valence-electron chi connectivity index (χ2n) is 4.41. The lowest BCUT2D eigenvalue weighted by atomic mass is 9.91. The molecule has 0 unspecified atom stereocenters. The van der Waals surface area contributed by atoms with Gasteiger partial charge in [0.25, 0.3) is 0 Å². The molecular weight excluding hydrogens is 318 g/mol. The van der Waals surface area contributed by atoms with Crippen molar-refractivity contribution in [2.24, 2.45) is 5.73 Å². The van der Waals surface area contributed by atoms with E-state index in [1.54, 1.807) is 18.2 Å². The lowest BCUT2D eigenvalue weighted by Gasteiger charge is -2.44. The van der Waals surface area contributed by atoms with Gasteiger partial charge >= 0.3 is 0 Å². The highest BCUT2D eigenvalue weighted by Crippen LogP contribution is 2.47. The van der Waals surface area contributed by atoms with Gasteiger partial charge in [0, 0.05) is 11.1 Å². The van der Waals surface area contributed by atoms with Gasteiger partial charge in [0.15, 0.2) is 4.93 Å². The lowest BCUT2D eigenvalue weighted by molar-refractivity contribution is -0.204. The molecule has 1 saturated heterocycles. The number of ether oxygens (including phenoxy) is 1. The third kappa shape index (κ3) is 2.57. The van der Waals surface area contributed by atoms with E-state index in [0.29, 0.717) is 11.1 Å². The van der Waals surface area contributed by atoms with Crippen LogP contribution in [0.4, 0.5) is 0 Å². The fraction of sp³-hybridized carbons (Fsp3) is 0.417. The van der Waals surface area contributed by atoms with Crippen LogP contribution >= 0.6 is 34.7 Å². The van der Waals surface area contributed by atoms with Crippen molar-refractivity contribution >= 4 is 39.7 Å². The van der Waals surface area contributed by atoms with Gasteiger partial charge in [-0.15, -0.1) is 11.7 Å². The number of benzene rings is 1. The number of nitrogens with two attached hydrogens (primary N) is 1. The zero-order chi connectivity index (χ0) is 14.9. The van der Waals surface area contributed by atoms with E-state index in [0.717, 1.165) is 10.8 Å². The van der Waals surface area contributed by atoms with Gasteiger partial charge in [-0.2, -0.15) is 0 Å². The maximum absolute atomic E-state index is 10.3. The summed E-state index contributed by atoms with van der Waals surface area (Å²) in [5.41, 5.74) is 6.64. The minimum atomic E-state index is -1.39. The van der Waals surface area contributed by atoms with Gasteiger partial charge in [0.1, 0.15) is 23.3 Å². The molecule has 0 spiro atoms. The summed E-state index contributed by atoms with van der Waals surface area (Å²) in [4.78, 5) is -1.25. The summed E-state index contributed by atoms with van der Waals surface area (Å²) in [5.74, 6) is 0. The second-order valence-corrected chi connectivity index (χ2v) is 6.19. The van der Waals surface area contributed by atoms with E-state index in [-0.39, 0.29) is 11.6 Å². The van der Waals surface area contributed by atoms with Crippen LogP contribution in [-0.4, -0.2) is 45.2 Å². The molecule has 0 aliphatic carbocycles. The third-order valence-corrected chi connectivity index (χ3v) is 5.10. The van der Waals surface area contributed by atoms with Crippen LogP contribution in [0.5, 0.6) is 0 Å². The number of thiocarbonyl (C=S) groups is 1. The predicted molar refractivity (Wildman–Crippen MR) is 83.4 cm³/mol. The summed E-state index contributed by atoms with van der Waals surface area (Å²) in [5, 5.41) is 29.8. The minimum absolute atomic E-state index is 0.132. The first-order chi connectivity index (χ1) is 9.44. The smallest absolute Gasteiger partial charge is 0.177 e. The van der Waals surface area contributed by atoms with Crippen molar-refractivity contribution in [3.8, 4) is 0 Å². The van der Waals surface area contributed by atoms with Crippen LogP contribution < -0.4 is 5.73 Å². The van der Waals surface area contributed by atoms with E-state index in [1.165, 1.54) is 0 Å². The molecule has 4 atom stereocenters. The van der Waals surface area contributed by atoms with Crippen LogP contribution in [0.15, 0.2) is 18.2 Å². The molecule has 0 bridgehead atoms. The van der Waals surface area contributed by atoms with E-state index in [1.807, 2.05) is 0 Å². The fourth-order valence-electron chi connectivity index (χ4n) is 2.13. The van der Waals surface area contributed by atoms with Crippen LogP contribution in [0.2, 0.25) is 0 Å². The Labute approximate surface area is 130 Å². The minimum Gasteiger partial charge on any atom is -0.389 e. The highest BCUT2D eigenvalue weighted by molar-refractivity contribution is 8.68. The SMILES string of the molecule is NC(=S)c1cc[c]cc1[C@]1(SS)OC[C@@H](O)[C@H](O)[C@H]1O. The summed E-state index contributed by atoms with van der Waals surface area (Å²) in [6, 6.07) is 7.72. The topological polar surface area (TPSA) is 95.9 Å². The van der Waals surface area contributed by atoms with E-state index < -0.39 is 23.2 Å².